The van der Waals surface area contributed by atoms with Gasteiger partial charge in [0.05, 0.1) is 0 Å². The zero-order chi connectivity index (χ0) is 15.5. The van der Waals surface area contributed by atoms with Crippen LogP contribution in [0.4, 0.5) is 5.69 Å². The molecule has 1 aliphatic heterocycles. The first-order valence-electron chi connectivity index (χ1n) is 8.11. The molecular formula is C17H25IN4O. The Hall–Kier alpha value is -1.31. The van der Waals surface area contributed by atoms with Gasteiger partial charge in [0.1, 0.15) is 0 Å². The lowest BCUT2D eigenvalue weighted by Gasteiger charge is -2.14. The predicted molar refractivity (Wildman–Crippen MR) is 104 cm³/mol. The number of nitrogens with one attached hydrogen (secondary N) is 1. The molecule has 1 aliphatic carbocycles. The zero-order valence-electron chi connectivity index (χ0n) is 13.5. The third-order valence-electron chi connectivity index (χ3n) is 4.35. The third-order valence-corrected chi connectivity index (χ3v) is 4.35. The van der Waals surface area contributed by atoms with Crippen molar-refractivity contribution >= 4 is 41.5 Å². The minimum atomic E-state index is 0. The van der Waals surface area contributed by atoms with Gasteiger partial charge < -0.3 is 16.0 Å². The van der Waals surface area contributed by atoms with E-state index in [1.165, 1.54) is 18.4 Å². The molecule has 1 amide bonds. The van der Waals surface area contributed by atoms with Crippen molar-refractivity contribution in [3.05, 3.63) is 29.8 Å². The predicted octanol–water partition coefficient (Wildman–Crippen LogP) is 2.60. The van der Waals surface area contributed by atoms with Crippen LogP contribution in [0.2, 0.25) is 0 Å². The first-order valence-corrected chi connectivity index (χ1v) is 8.11. The number of aryl methyl sites for hydroxylation is 1. The van der Waals surface area contributed by atoms with Gasteiger partial charge in [0, 0.05) is 37.2 Å². The van der Waals surface area contributed by atoms with Gasteiger partial charge in [0.2, 0.25) is 5.91 Å². The van der Waals surface area contributed by atoms with Gasteiger partial charge >= 0.3 is 0 Å². The van der Waals surface area contributed by atoms with E-state index in [2.05, 4.69) is 29.4 Å². The fraction of sp³-hybridized carbons (Fsp3) is 0.529. The number of nitrogens with zero attached hydrogens (tertiary/aromatic N) is 2. The largest absolute Gasteiger partial charge is 0.370 e. The standard InChI is InChI=1S/C17H24N4O.HI/c1-2-12-4-3-5-14(8-12)20-17(18)19-10-13-9-16(22)21(11-13)15-6-7-15;/h3-5,8,13,15H,2,6-7,9-11H2,1H3,(H3,18,19,20);1H. The SMILES string of the molecule is CCc1cccc(NC(N)=NCC2CC(=O)N(C3CC3)C2)c1.I. The number of hydrogen-bond donors (Lipinski definition) is 2. The van der Waals surface area contributed by atoms with E-state index in [1.54, 1.807) is 0 Å². The number of rotatable bonds is 5. The minimum Gasteiger partial charge on any atom is -0.370 e. The summed E-state index contributed by atoms with van der Waals surface area (Å²) in [6, 6.07) is 8.67. The highest BCUT2D eigenvalue weighted by Crippen LogP contribution is 2.32. The molecule has 23 heavy (non-hydrogen) atoms. The van der Waals surface area contributed by atoms with Crippen LogP contribution in [0.15, 0.2) is 29.3 Å². The molecule has 1 saturated carbocycles. The second-order valence-electron chi connectivity index (χ2n) is 6.25. The molecule has 1 aromatic rings. The van der Waals surface area contributed by atoms with Crippen LogP contribution in [0, 0.1) is 5.92 Å². The van der Waals surface area contributed by atoms with Crippen LogP contribution in [0.5, 0.6) is 0 Å². The molecule has 3 N–H and O–H groups in total. The van der Waals surface area contributed by atoms with Crippen molar-refractivity contribution < 1.29 is 4.79 Å². The highest BCUT2D eigenvalue weighted by molar-refractivity contribution is 14.0. The number of guanidine groups is 1. The van der Waals surface area contributed by atoms with Crippen molar-refractivity contribution in [2.45, 2.75) is 38.6 Å². The highest BCUT2D eigenvalue weighted by Gasteiger charge is 2.39. The Morgan fingerprint density at radius 1 is 1.43 bits per heavy atom. The quantitative estimate of drug-likeness (QED) is 0.431. The summed E-state index contributed by atoms with van der Waals surface area (Å²) in [6.45, 7) is 3.58. The van der Waals surface area contributed by atoms with Gasteiger partial charge in [-0.05, 0) is 37.0 Å². The molecule has 1 unspecified atom stereocenters. The van der Waals surface area contributed by atoms with Crippen molar-refractivity contribution in [3.63, 3.8) is 0 Å². The Kier molecular flexibility index (Phi) is 6.26. The molecule has 1 heterocycles. The molecule has 1 atom stereocenters. The number of amides is 1. The Labute approximate surface area is 154 Å². The van der Waals surface area contributed by atoms with Crippen molar-refractivity contribution in [2.75, 3.05) is 18.4 Å². The number of likely N-dealkylation sites (tertiary alicyclic amines) is 1. The summed E-state index contributed by atoms with van der Waals surface area (Å²) >= 11 is 0. The van der Waals surface area contributed by atoms with Crippen molar-refractivity contribution in [1.29, 1.82) is 0 Å². The number of benzene rings is 1. The number of anilines is 1. The summed E-state index contributed by atoms with van der Waals surface area (Å²) in [4.78, 5) is 18.3. The molecule has 0 radical (unpaired) electrons. The Balaban J connectivity index is 0.00000192. The van der Waals surface area contributed by atoms with Crippen LogP contribution < -0.4 is 11.1 Å². The van der Waals surface area contributed by atoms with Gasteiger partial charge in [-0.3, -0.25) is 9.79 Å². The molecular weight excluding hydrogens is 403 g/mol. The lowest BCUT2D eigenvalue weighted by atomic mass is 10.1. The molecule has 0 bridgehead atoms. The topological polar surface area (TPSA) is 70.7 Å². The normalized spacial score (nSPS) is 21.3. The second-order valence-corrected chi connectivity index (χ2v) is 6.25. The number of carbonyl (C=O) groups excluding carboxylic acids is 1. The lowest BCUT2D eigenvalue weighted by Crippen LogP contribution is -2.28. The highest BCUT2D eigenvalue weighted by atomic mass is 127. The van der Waals surface area contributed by atoms with Gasteiger partial charge in [-0.1, -0.05) is 19.1 Å². The molecule has 0 spiro atoms. The number of carbonyl (C=O) groups is 1. The fourth-order valence-corrected chi connectivity index (χ4v) is 2.95. The Bertz CT molecular complexity index is 586. The number of halogens is 1. The smallest absolute Gasteiger partial charge is 0.223 e. The summed E-state index contributed by atoms with van der Waals surface area (Å²) in [5, 5.41) is 3.13. The van der Waals surface area contributed by atoms with Crippen LogP contribution in [0.1, 0.15) is 31.7 Å². The van der Waals surface area contributed by atoms with Crippen molar-refractivity contribution in [1.82, 2.24) is 4.90 Å². The van der Waals surface area contributed by atoms with Crippen LogP contribution in [0.25, 0.3) is 0 Å². The maximum absolute atomic E-state index is 11.9. The summed E-state index contributed by atoms with van der Waals surface area (Å²) in [5.74, 6) is 1.01. The third kappa shape index (κ3) is 4.83. The van der Waals surface area contributed by atoms with Gasteiger partial charge in [0.25, 0.3) is 0 Å². The van der Waals surface area contributed by atoms with Crippen molar-refractivity contribution in [3.8, 4) is 0 Å². The van der Waals surface area contributed by atoms with E-state index in [9.17, 15) is 4.79 Å². The van der Waals surface area contributed by atoms with E-state index >= 15 is 0 Å². The number of aliphatic imine (C=N–C) groups is 1. The molecule has 0 aromatic heterocycles. The molecule has 6 heteroatoms. The summed E-state index contributed by atoms with van der Waals surface area (Å²) in [6.07, 6.45) is 3.94. The Morgan fingerprint density at radius 3 is 2.91 bits per heavy atom. The monoisotopic (exact) mass is 428 g/mol. The molecule has 3 rings (SSSR count). The maximum atomic E-state index is 11.9. The fourth-order valence-electron chi connectivity index (χ4n) is 2.95. The van der Waals surface area contributed by atoms with Gasteiger partial charge in [-0.2, -0.15) is 0 Å². The van der Waals surface area contributed by atoms with E-state index in [4.69, 9.17) is 5.73 Å². The average Bonchev–Trinajstić information content (AvgIpc) is 3.29. The van der Waals surface area contributed by atoms with E-state index < -0.39 is 0 Å². The van der Waals surface area contributed by atoms with E-state index in [1.807, 2.05) is 17.0 Å². The lowest BCUT2D eigenvalue weighted by molar-refractivity contribution is -0.128. The zero-order valence-corrected chi connectivity index (χ0v) is 15.8. The number of hydrogen-bond acceptors (Lipinski definition) is 2. The van der Waals surface area contributed by atoms with Crippen molar-refractivity contribution in [2.24, 2.45) is 16.6 Å². The summed E-state index contributed by atoms with van der Waals surface area (Å²) in [7, 11) is 0. The average molecular weight is 428 g/mol. The van der Waals surface area contributed by atoms with Crippen LogP contribution >= 0.6 is 24.0 Å². The second kappa shape index (κ2) is 7.99. The van der Waals surface area contributed by atoms with Gasteiger partial charge in [0.15, 0.2) is 5.96 Å². The van der Waals surface area contributed by atoms with Crippen LogP contribution in [-0.2, 0) is 11.2 Å². The first kappa shape index (κ1) is 18.0. The molecule has 2 aliphatic rings. The van der Waals surface area contributed by atoms with Gasteiger partial charge in [-0.15, -0.1) is 24.0 Å². The van der Waals surface area contributed by atoms with Crippen LogP contribution in [-0.4, -0.2) is 35.9 Å². The molecule has 2 fully saturated rings. The summed E-state index contributed by atoms with van der Waals surface area (Å²) < 4.78 is 0. The first-order chi connectivity index (χ1) is 10.7. The molecule has 5 nitrogen and oxygen atoms in total. The van der Waals surface area contributed by atoms with E-state index in [0.717, 1.165) is 18.7 Å². The number of nitrogens with two attached hydrogens (primary N) is 1. The minimum absolute atomic E-state index is 0. The maximum Gasteiger partial charge on any atom is 0.223 e. The Morgan fingerprint density at radius 2 is 2.22 bits per heavy atom. The van der Waals surface area contributed by atoms with E-state index in [0.29, 0.717) is 30.9 Å². The summed E-state index contributed by atoms with van der Waals surface area (Å²) in [5.41, 5.74) is 8.18. The van der Waals surface area contributed by atoms with Crippen LogP contribution in [0.3, 0.4) is 0 Å². The van der Waals surface area contributed by atoms with Gasteiger partial charge in [-0.25, -0.2) is 0 Å². The van der Waals surface area contributed by atoms with E-state index in [-0.39, 0.29) is 29.9 Å². The molecule has 1 saturated heterocycles. The molecule has 1 aromatic carbocycles. The molecule has 126 valence electrons.